The van der Waals surface area contributed by atoms with E-state index in [2.05, 4.69) is 22.6 Å². The van der Waals surface area contributed by atoms with E-state index in [9.17, 15) is 4.79 Å². The second-order valence-electron chi connectivity index (χ2n) is 4.72. The van der Waals surface area contributed by atoms with Crippen LogP contribution in [0.15, 0.2) is 78.9 Å². The Morgan fingerprint density at radius 2 is 1.24 bits per heavy atom. The number of ketones is 1. The molecule has 2 heteroatoms. The Morgan fingerprint density at radius 3 is 1.95 bits per heavy atom. The molecule has 0 aliphatic carbocycles. The third-order valence-electron chi connectivity index (χ3n) is 3.37. The van der Waals surface area contributed by atoms with Gasteiger partial charge in [0.15, 0.2) is 5.78 Å². The monoisotopic (exact) mass is 384 g/mol. The molecular weight excluding hydrogens is 371 g/mol. The highest BCUT2D eigenvalue weighted by Gasteiger charge is 2.16. The molecule has 0 aromatic heterocycles. The van der Waals surface area contributed by atoms with E-state index in [4.69, 9.17) is 0 Å². The van der Waals surface area contributed by atoms with Gasteiger partial charge in [0, 0.05) is 14.7 Å². The van der Waals surface area contributed by atoms with Crippen molar-refractivity contribution < 1.29 is 4.79 Å². The summed E-state index contributed by atoms with van der Waals surface area (Å²) in [4.78, 5) is 12.9. The van der Waals surface area contributed by atoms with Crippen LogP contribution in [-0.2, 0) is 0 Å². The highest BCUT2D eigenvalue weighted by Crippen LogP contribution is 2.26. The van der Waals surface area contributed by atoms with Gasteiger partial charge in [-0.3, -0.25) is 4.79 Å². The van der Waals surface area contributed by atoms with E-state index in [1.54, 1.807) is 0 Å². The minimum atomic E-state index is 0.0689. The maximum Gasteiger partial charge on any atom is 0.194 e. The normalized spacial score (nSPS) is 10.3. The second-order valence-corrected chi connectivity index (χ2v) is 5.88. The maximum atomic E-state index is 12.9. The second kappa shape index (κ2) is 6.22. The van der Waals surface area contributed by atoms with E-state index in [-0.39, 0.29) is 5.78 Å². The molecule has 0 N–H and O–H groups in total. The van der Waals surface area contributed by atoms with Crippen LogP contribution in [0.5, 0.6) is 0 Å². The van der Waals surface area contributed by atoms with Gasteiger partial charge in [-0.1, -0.05) is 66.7 Å². The number of carbonyl (C=O) groups is 1. The van der Waals surface area contributed by atoms with Crippen LogP contribution in [0.4, 0.5) is 0 Å². The Balaban J connectivity index is 2.12. The molecule has 0 bridgehead atoms. The van der Waals surface area contributed by atoms with Crippen molar-refractivity contribution in [2.75, 3.05) is 0 Å². The molecule has 0 saturated carbocycles. The number of hydrogen-bond donors (Lipinski definition) is 0. The van der Waals surface area contributed by atoms with Crippen molar-refractivity contribution in [1.29, 1.82) is 0 Å². The van der Waals surface area contributed by atoms with Crippen molar-refractivity contribution >= 4 is 28.4 Å². The molecule has 0 fully saturated rings. The average molecular weight is 384 g/mol. The van der Waals surface area contributed by atoms with Crippen molar-refractivity contribution in [3.05, 3.63) is 93.6 Å². The fraction of sp³-hybridized carbons (Fsp3) is 0. The molecule has 0 spiro atoms. The Kier molecular flexibility index (Phi) is 4.15. The molecule has 3 rings (SSSR count). The zero-order chi connectivity index (χ0) is 14.7. The van der Waals surface area contributed by atoms with Gasteiger partial charge in [-0.15, -0.1) is 0 Å². The Hall–Kier alpha value is -1.94. The van der Waals surface area contributed by atoms with Crippen LogP contribution in [0.1, 0.15) is 15.9 Å². The quantitative estimate of drug-likeness (QED) is 0.449. The van der Waals surface area contributed by atoms with Crippen molar-refractivity contribution in [3.8, 4) is 11.1 Å². The number of hydrogen-bond acceptors (Lipinski definition) is 1. The number of rotatable bonds is 3. The molecule has 3 aromatic rings. The molecule has 0 saturated heterocycles. The van der Waals surface area contributed by atoms with Crippen LogP contribution in [0.2, 0.25) is 0 Å². The SMILES string of the molecule is O=C(c1ccccc1I)c1ccccc1-c1ccccc1. The van der Waals surface area contributed by atoms with E-state index in [0.717, 1.165) is 25.8 Å². The summed E-state index contributed by atoms with van der Waals surface area (Å²) in [6.07, 6.45) is 0. The molecule has 102 valence electrons. The standard InChI is InChI=1S/C19H13IO/c20-18-13-7-6-12-17(18)19(21)16-11-5-4-10-15(16)14-8-2-1-3-9-14/h1-13H. The lowest BCUT2D eigenvalue weighted by Crippen LogP contribution is -2.05. The Morgan fingerprint density at radius 1 is 0.667 bits per heavy atom. The third kappa shape index (κ3) is 2.90. The maximum absolute atomic E-state index is 12.9. The Labute approximate surface area is 137 Å². The van der Waals surface area contributed by atoms with Crippen LogP contribution >= 0.6 is 22.6 Å². The minimum absolute atomic E-state index is 0.0689. The van der Waals surface area contributed by atoms with Gasteiger partial charge in [-0.25, -0.2) is 0 Å². The first-order valence-electron chi connectivity index (χ1n) is 6.71. The third-order valence-corrected chi connectivity index (χ3v) is 4.32. The molecule has 0 aliphatic rings. The van der Waals surface area contributed by atoms with E-state index >= 15 is 0 Å². The molecule has 0 unspecified atom stereocenters. The lowest BCUT2D eigenvalue weighted by molar-refractivity contribution is 0.103. The van der Waals surface area contributed by atoms with E-state index in [0.29, 0.717) is 0 Å². The van der Waals surface area contributed by atoms with Gasteiger partial charge in [-0.05, 0) is 45.9 Å². The van der Waals surface area contributed by atoms with Crippen LogP contribution in [0.3, 0.4) is 0 Å². The highest BCUT2D eigenvalue weighted by molar-refractivity contribution is 14.1. The summed E-state index contributed by atoms with van der Waals surface area (Å²) < 4.78 is 0.975. The topological polar surface area (TPSA) is 17.1 Å². The molecule has 0 aliphatic heterocycles. The van der Waals surface area contributed by atoms with Crippen molar-refractivity contribution in [2.24, 2.45) is 0 Å². The first kappa shape index (κ1) is 14.0. The molecule has 3 aromatic carbocycles. The van der Waals surface area contributed by atoms with Crippen LogP contribution in [-0.4, -0.2) is 5.78 Å². The lowest BCUT2D eigenvalue weighted by atomic mass is 9.94. The summed E-state index contributed by atoms with van der Waals surface area (Å²) in [5.74, 6) is 0.0689. The van der Waals surface area contributed by atoms with Crippen LogP contribution < -0.4 is 0 Å². The summed E-state index contributed by atoms with van der Waals surface area (Å²) >= 11 is 2.21. The molecule has 0 atom stereocenters. The number of carbonyl (C=O) groups excluding carboxylic acids is 1. The molecule has 0 radical (unpaired) electrons. The summed E-state index contributed by atoms with van der Waals surface area (Å²) in [5, 5.41) is 0. The zero-order valence-electron chi connectivity index (χ0n) is 11.3. The molecule has 0 amide bonds. The number of halogens is 1. The minimum Gasteiger partial charge on any atom is -0.289 e. The van der Waals surface area contributed by atoms with Gasteiger partial charge in [0.1, 0.15) is 0 Å². The van der Waals surface area contributed by atoms with E-state index in [1.165, 1.54) is 0 Å². The van der Waals surface area contributed by atoms with Gasteiger partial charge in [0.25, 0.3) is 0 Å². The fourth-order valence-corrected chi connectivity index (χ4v) is 2.97. The van der Waals surface area contributed by atoms with Crippen molar-refractivity contribution in [1.82, 2.24) is 0 Å². The van der Waals surface area contributed by atoms with E-state index in [1.807, 2.05) is 78.9 Å². The summed E-state index contributed by atoms with van der Waals surface area (Å²) in [6, 6.07) is 25.5. The van der Waals surface area contributed by atoms with Crippen LogP contribution in [0.25, 0.3) is 11.1 Å². The Bertz CT molecular complexity index is 778. The number of benzene rings is 3. The molecule has 1 nitrogen and oxygen atoms in total. The first-order chi connectivity index (χ1) is 10.3. The molecular formula is C19H13IO. The summed E-state index contributed by atoms with van der Waals surface area (Å²) in [5.41, 5.74) is 3.53. The van der Waals surface area contributed by atoms with Gasteiger partial charge in [-0.2, -0.15) is 0 Å². The largest absolute Gasteiger partial charge is 0.289 e. The average Bonchev–Trinajstić information content (AvgIpc) is 2.55. The zero-order valence-corrected chi connectivity index (χ0v) is 13.4. The molecule has 0 heterocycles. The van der Waals surface area contributed by atoms with Crippen molar-refractivity contribution in [2.45, 2.75) is 0 Å². The van der Waals surface area contributed by atoms with E-state index < -0.39 is 0 Å². The van der Waals surface area contributed by atoms with Gasteiger partial charge < -0.3 is 0 Å². The fourth-order valence-electron chi connectivity index (χ4n) is 2.34. The summed E-state index contributed by atoms with van der Waals surface area (Å²) in [7, 11) is 0. The smallest absolute Gasteiger partial charge is 0.194 e. The predicted molar refractivity (Wildman–Crippen MR) is 94.5 cm³/mol. The first-order valence-corrected chi connectivity index (χ1v) is 7.79. The van der Waals surface area contributed by atoms with Gasteiger partial charge >= 0.3 is 0 Å². The summed E-state index contributed by atoms with van der Waals surface area (Å²) in [6.45, 7) is 0. The van der Waals surface area contributed by atoms with Gasteiger partial charge in [0.05, 0.1) is 0 Å². The predicted octanol–water partition coefficient (Wildman–Crippen LogP) is 5.19. The van der Waals surface area contributed by atoms with Crippen molar-refractivity contribution in [3.63, 3.8) is 0 Å². The highest BCUT2D eigenvalue weighted by atomic mass is 127. The molecule has 21 heavy (non-hydrogen) atoms. The lowest BCUT2D eigenvalue weighted by Gasteiger charge is -2.10. The van der Waals surface area contributed by atoms with Gasteiger partial charge in [0.2, 0.25) is 0 Å². The van der Waals surface area contributed by atoms with Crippen LogP contribution in [0, 0.1) is 3.57 Å².